The summed E-state index contributed by atoms with van der Waals surface area (Å²) in [5.41, 5.74) is 0.186. The minimum Gasteiger partial charge on any atom is -0.299 e. The van der Waals surface area contributed by atoms with Crippen LogP contribution >= 0.6 is 0 Å². The second kappa shape index (κ2) is 5.53. The number of hydrogen-bond acceptors (Lipinski definition) is 5. The van der Waals surface area contributed by atoms with Crippen LogP contribution in [0.3, 0.4) is 0 Å². The van der Waals surface area contributed by atoms with Crippen molar-refractivity contribution in [3.05, 3.63) is 33.9 Å². The Hall–Kier alpha value is -1.80. The van der Waals surface area contributed by atoms with E-state index in [-0.39, 0.29) is 41.8 Å². The SMILES string of the molecule is Cc1ccc([N+](=O)[O-])cc1S(=O)(=O)N1CCC(=O)C(C)C1. The van der Waals surface area contributed by atoms with E-state index in [0.29, 0.717) is 5.56 Å². The highest BCUT2D eigenvalue weighted by molar-refractivity contribution is 7.89. The molecule has 0 amide bonds. The zero-order valence-electron chi connectivity index (χ0n) is 11.8. The molecule has 1 saturated heterocycles. The van der Waals surface area contributed by atoms with Gasteiger partial charge in [0.1, 0.15) is 5.78 Å². The minimum absolute atomic E-state index is 0.0391. The summed E-state index contributed by atoms with van der Waals surface area (Å²) in [4.78, 5) is 21.6. The number of hydrogen-bond donors (Lipinski definition) is 0. The Labute approximate surface area is 122 Å². The van der Waals surface area contributed by atoms with E-state index in [1.54, 1.807) is 13.8 Å². The van der Waals surface area contributed by atoms with Crippen molar-refractivity contribution in [2.75, 3.05) is 13.1 Å². The van der Waals surface area contributed by atoms with Crippen LogP contribution in [0.4, 0.5) is 5.69 Å². The molecule has 7 nitrogen and oxygen atoms in total. The number of non-ortho nitro benzene ring substituents is 1. The Morgan fingerprint density at radius 1 is 1.38 bits per heavy atom. The first-order valence-electron chi connectivity index (χ1n) is 6.51. The molecule has 21 heavy (non-hydrogen) atoms. The van der Waals surface area contributed by atoms with Crippen molar-refractivity contribution < 1.29 is 18.1 Å². The number of Topliss-reactive ketones (excluding diaryl/α,β-unsaturated/α-hetero) is 1. The fourth-order valence-corrected chi connectivity index (χ4v) is 4.09. The topological polar surface area (TPSA) is 97.6 Å². The zero-order chi connectivity index (χ0) is 15.8. The number of carbonyl (C=O) groups excluding carboxylic acids is 1. The van der Waals surface area contributed by atoms with E-state index in [2.05, 4.69) is 0 Å². The molecule has 1 fully saturated rings. The van der Waals surface area contributed by atoms with Crippen LogP contribution in [0.15, 0.2) is 23.1 Å². The Balaban J connectivity index is 2.42. The van der Waals surface area contributed by atoms with Crippen molar-refractivity contribution in [1.29, 1.82) is 0 Å². The summed E-state index contributed by atoms with van der Waals surface area (Å²) in [6, 6.07) is 3.77. The summed E-state index contributed by atoms with van der Waals surface area (Å²) in [5.74, 6) is -0.315. The zero-order valence-corrected chi connectivity index (χ0v) is 12.6. The van der Waals surface area contributed by atoms with Gasteiger partial charge < -0.3 is 0 Å². The van der Waals surface area contributed by atoms with Gasteiger partial charge in [-0.25, -0.2) is 8.42 Å². The van der Waals surface area contributed by atoms with Gasteiger partial charge >= 0.3 is 0 Å². The summed E-state index contributed by atoms with van der Waals surface area (Å²) >= 11 is 0. The highest BCUT2D eigenvalue weighted by Gasteiger charge is 2.33. The number of rotatable bonds is 3. The third-order valence-corrected chi connectivity index (χ3v) is 5.64. The summed E-state index contributed by atoms with van der Waals surface area (Å²) in [6.07, 6.45) is 0.175. The number of sulfonamides is 1. The van der Waals surface area contributed by atoms with Gasteiger partial charge in [0, 0.05) is 37.6 Å². The predicted octanol–water partition coefficient (Wildman–Crippen LogP) is 1.50. The van der Waals surface area contributed by atoms with Crippen LogP contribution in [0.5, 0.6) is 0 Å². The maximum atomic E-state index is 12.6. The lowest BCUT2D eigenvalue weighted by atomic mass is 10.0. The second-order valence-electron chi connectivity index (χ2n) is 5.19. The first kappa shape index (κ1) is 15.6. The number of aryl methyl sites for hydroxylation is 1. The quantitative estimate of drug-likeness (QED) is 0.622. The van der Waals surface area contributed by atoms with Gasteiger partial charge in [-0.3, -0.25) is 14.9 Å². The molecule has 1 aromatic rings. The van der Waals surface area contributed by atoms with E-state index in [0.717, 1.165) is 6.07 Å². The minimum atomic E-state index is -3.83. The van der Waals surface area contributed by atoms with Gasteiger partial charge in [0.15, 0.2) is 0 Å². The van der Waals surface area contributed by atoms with Crippen LogP contribution in [0.1, 0.15) is 18.9 Å². The lowest BCUT2D eigenvalue weighted by Crippen LogP contribution is -2.43. The molecule has 0 N–H and O–H groups in total. The number of nitro benzene ring substituents is 1. The Morgan fingerprint density at radius 2 is 2.05 bits per heavy atom. The van der Waals surface area contributed by atoms with E-state index in [1.807, 2.05) is 0 Å². The first-order valence-corrected chi connectivity index (χ1v) is 7.95. The van der Waals surface area contributed by atoms with Crippen molar-refractivity contribution in [1.82, 2.24) is 4.31 Å². The van der Waals surface area contributed by atoms with Crippen LogP contribution in [0.25, 0.3) is 0 Å². The molecule has 114 valence electrons. The number of piperidine rings is 1. The molecule has 1 atom stereocenters. The summed E-state index contributed by atoms with van der Waals surface area (Å²) in [6.45, 7) is 3.51. The van der Waals surface area contributed by atoms with E-state index in [9.17, 15) is 23.3 Å². The highest BCUT2D eigenvalue weighted by atomic mass is 32.2. The number of nitrogens with zero attached hydrogens (tertiary/aromatic N) is 2. The molecule has 0 spiro atoms. The van der Waals surface area contributed by atoms with Crippen LogP contribution in [0, 0.1) is 23.0 Å². The molecule has 1 aliphatic heterocycles. The first-order chi connectivity index (χ1) is 9.73. The third-order valence-electron chi connectivity index (χ3n) is 3.64. The molecule has 1 aliphatic rings. The second-order valence-corrected chi connectivity index (χ2v) is 7.09. The average molecular weight is 312 g/mol. The van der Waals surface area contributed by atoms with Gasteiger partial charge in [0.25, 0.3) is 5.69 Å². The van der Waals surface area contributed by atoms with Gasteiger partial charge in [-0.15, -0.1) is 0 Å². The maximum absolute atomic E-state index is 12.6. The van der Waals surface area contributed by atoms with Crippen molar-refractivity contribution in [3.63, 3.8) is 0 Å². The van der Waals surface area contributed by atoms with Crippen LogP contribution < -0.4 is 0 Å². The fraction of sp³-hybridized carbons (Fsp3) is 0.462. The highest BCUT2D eigenvalue weighted by Crippen LogP contribution is 2.27. The lowest BCUT2D eigenvalue weighted by Gasteiger charge is -2.29. The molecular formula is C13H16N2O5S. The van der Waals surface area contributed by atoms with Gasteiger partial charge in [-0.2, -0.15) is 4.31 Å². The Morgan fingerprint density at radius 3 is 2.62 bits per heavy atom. The fourth-order valence-electron chi connectivity index (χ4n) is 2.32. The maximum Gasteiger partial charge on any atom is 0.270 e. The third kappa shape index (κ3) is 2.96. The smallest absolute Gasteiger partial charge is 0.270 e. The molecule has 0 bridgehead atoms. The number of nitro groups is 1. The molecule has 0 saturated carbocycles. The van der Waals surface area contributed by atoms with Gasteiger partial charge in [0.2, 0.25) is 10.0 Å². The number of benzene rings is 1. The van der Waals surface area contributed by atoms with Crippen molar-refractivity contribution in [2.24, 2.45) is 5.92 Å². The lowest BCUT2D eigenvalue weighted by molar-refractivity contribution is -0.385. The molecule has 1 aromatic carbocycles. The summed E-state index contributed by atoms with van der Waals surface area (Å²) in [7, 11) is -3.83. The molecule has 8 heteroatoms. The average Bonchev–Trinajstić information content (AvgIpc) is 2.41. The normalized spacial score (nSPS) is 20.5. The standard InChI is InChI=1S/C13H16N2O5S/c1-9-3-4-11(15(17)18)7-13(9)21(19,20)14-6-5-12(16)10(2)8-14/h3-4,7,10H,5-6,8H2,1-2H3. The van der Waals surface area contributed by atoms with Gasteiger partial charge in [0.05, 0.1) is 9.82 Å². The molecule has 2 rings (SSSR count). The van der Waals surface area contributed by atoms with Crippen LogP contribution in [-0.2, 0) is 14.8 Å². The molecular weight excluding hydrogens is 296 g/mol. The Bertz CT molecular complexity index is 699. The van der Waals surface area contributed by atoms with Gasteiger partial charge in [-0.05, 0) is 12.5 Å². The molecule has 0 radical (unpaired) electrons. The Kier molecular flexibility index (Phi) is 4.11. The number of ketones is 1. The molecule has 1 heterocycles. The molecule has 1 unspecified atom stereocenters. The summed E-state index contributed by atoms with van der Waals surface area (Å²) in [5, 5.41) is 10.8. The number of carbonyl (C=O) groups is 1. The largest absolute Gasteiger partial charge is 0.299 e. The van der Waals surface area contributed by atoms with E-state index in [1.165, 1.54) is 16.4 Å². The van der Waals surface area contributed by atoms with Crippen molar-refractivity contribution in [3.8, 4) is 0 Å². The van der Waals surface area contributed by atoms with Crippen molar-refractivity contribution in [2.45, 2.75) is 25.2 Å². The molecule has 0 aromatic heterocycles. The van der Waals surface area contributed by atoms with Crippen LogP contribution in [0.2, 0.25) is 0 Å². The monoisotopic (exact) mass is 312 g/mol. The van der Waals surface area contributed by atoms with Crippen molar-refractivity contribution >= 4 is 21.5 Å². The van der Waals surface area contributed by atoms with E-state index >= 15 is 0 Å². The van der Waals surface area contributed by atoms with E-state index < -0.39 is 14.9 Å². The van der Waals surface area contributed by atoms with E-state index in [4.69, 9.17) is 0 Å². The van der Waals surface area contributed by atoms with Gasteiger partial charge in [-0.1, -0.05) is 13.0 Å². The molecule has 0 aliphatic carbocycles. The predicted molar refractivity (Wildman–Crippen MR) is 75.4 cm³/mol. The summed E-state index contributed by atoms with van der Waals surface area (Å²) < 4.78 is 26.5. The van der Waals surface area contributed by atoms with Crippen LogP contribution in [-0.4, -0.2) is 36.5 Å².